The number of carbonyl (C=O) groups excluding carboxylic acids is 4. The number of ether oxygens (including phenoxy) is 3. The zero-order valence-electron chi connectivity index (χ0n) is 14.0. The van der Waals surface area contributed by atoms with Crippen LogP contribution in [0.3, 0.4) is 0 Å². The van der Waals surface area contributed by atoms with Crippen LogP contribution in [0.15, 0.2) is 0 Å². The smallest absolute Gasteiger partial charge is 0.303 e. The number of carbonyl (C=O) groups is 4. The highest BCUT2D eigenvalue weighted by atomic mass is 16.6. The second-order valence-electron chi connectivity index (χ2n) is 5.08. The highest BCUT2D eigenvalue weighted by Gasteiger charge is 2.28. The maximum atomic E-state index is 11.2. The van der Waals surface area contributed by atoms with Crippen LogP contribution in [0.2, 0.25) is 0 Å². The summed E-state index contributed by atoms with van der Waals surface area (Å²) in [5, 5.41) is 2.66. The van der Waals surface area contributed by atoms with E-state index in [1.807, 2.05) is 0 Å². The summed E-state index contributed by atoms with van der Waals surface area (Å²) >= 11 is 0. The molecule has 132 valence electrons. The normalized spacial score (nSPS) is 12.7. The molecule has 23 heavy (non-hydrogen) atoms. The molecule has 2 atom stereocenters. The van der Waals surface area contributed by atoms with E-state index in [0.717, 1.165) is 0 Å². The lowest BCUT2D eigenvalue weighted by molar-refractivity contribution is -0.173. The summed E-state index contributed by atoms with van der Waals surface area (Å²) in [7, 11) is 0. The molecule has 0 spiro atoms. The minimum Gasteiger partial charge on any atom is -0.462 e. The van der Waals surface area contributed by atoms with Gasteiger partial charge in [0, 0.05) is 34.2 Å². The van der Waals surface area contributed by atoms with Crippen LogP contribution in [0.1, 0.15) is 47.0 Å². The number of nitrogens with one attached hydrogen (secondary N) is 1. The fraction of sp³-hybridized carbons (Fsp3) is 0.733. The quantitative estimate of drug-likeness (QED) is 0.357. The number of esters is 3. The number of hydrogen-bond acceptors (Lipinski definition) is 7. The summed E-state index contributed by atoms with van der Waals surface area (Å²) in [6.07, 6.45) is 0.153. The van der Waals surface area contributed by atoms with Gasteiger partial charge in [0.15, 0.2) is 6.10 Å². The fourth-order valence-corrected chi connectivity index (χ4v) is 1.90. The third kappa shape index (κ3) is 12.1. The largest absolute Gasteiger partial charge is 0.462 e. The molecule has 0 rings (SSSR count). The first kappa shape index (κ1) is 20.9. The summed E-state index contributed by atoms with van der Waals surface area (Å²) in [6.45, 7) is 5.46. The van der Waals surface area contributed by atoms with Crippen molar-refractivity contribution in [1.29, 1.82) is 0 Å². The Labute approximate surface area is 135 Å². The molecule has 0 bridgehead atoms. The van der Waals surface area contributed by atoms with Crippen molar-refractivity contribution in [3.05, 3.63) is 0 Å². The van der Waals surface area contributed by atoms with Gasteiger partial charge in [0.2, 0.25) is 5.91 Å². The van der Waals surface area contributed by atoms with Crippen molar-refractivity contribution < 1.29 is 33.4 Å². The monoisotopic (exact) mass is 331 g/mol. The van der Waals surface area contributed by atoms with E-state index < -0.39 is 30.1 Å². The molecule has 0 aliphatic rings. The molecule has 0 aromatic carbocycles. The Morgan fingerprint density at radius 1 is 0.826 bits per heavy atom. The summed E-state index contributed by atoms with van der Waals surface area (Å²) in [5.41, 5.74) is 0. The first-order valence-electron chi connectivity index (χ1n) is 7.44. The molecule has 1 amide bonds. The standard InChI is InChI=1S/C15H25NO7/c1-10(17)16-8-6-5-7-14(22-12(3)19)15(23-13(4)20)9-21-11(2)18/h14-15H,5-9H2,1-4H3,(H,16,17)/t14-,15?/m0/s1. The topological polar surface area (TPSA) is 108 Å². The maximum Gasteiger partial charge on any atom is 0.303 e. The molecule has 1 N–H and O–H groups in total. The highest BCUT2D eigenvalue weighted by molar-refractivity contribution is 5.72. The van der Waals surface area contributed by atoms with E-state index in [2.05, 4.69) is 5.32 Å². The molecular weight excluding hydrogens is 306 g/mol. The molecule has 0 aromatic heterocycles. The first-order chi connectivity index (χ1) is 10.7. The summed E-state index contributed by atoms with van der Waals surface area (Å²) < 4.78 is 15.1. The average Bonchev–Trinajstić information content (AvgIpc) is 2.40. The van der Waals surface area contributed by atoms with Gasteiger partial charge in [0.05, 0.1) is 0 Å². The highest BCUT2D eigenvalue weighted by Crippen LogP contribution is 2.14. The van der Waals surface area contributed by atoms with Crippen molar-refractivity contribution in [3.8, 4) is 0 Å². The van der Waals surface area contributed by atoms with Crippen molar-refractivity contribution >= 4 is 23.8 Å². The lowest BCUT2D eigenvalue weighted by atomic mass is 10.1. The molecule has 0 radical (unpaired) electrons. The van der Waals surface area contributed by atoms with Crippen molar-refractivity contribution in [2.45, 2.75) is 59.2 Å². The minimum atomic E-state index is -0.860. The van der Waals surface area contributed by atoms with Crippen LogP contribution in [0.5, 0.6) is 0 Å². The van der Waals surface area contributed by atoms with E-state index in [-0.39, 0.29) is 12.5 Å². The number of amides is 1. The van der Waals surface area contributed by atoms with Gasteiger partial charge in [-0.2, -0.15) is 0 Å². The fourth-order valence-electron chi connectivity index (χ4n) is 1.90. The van der Waals surface area contributed by atoms with Crippen LogP contribution in [-0.4, -0.2) is 49.2 Å². The molecule has 1 unspecified atom stereocenters. The molecule has 0 aliphatic carbocycles. The lowest BCUT2D eigenvalue weighted by Crippen LogP contribution is -2.38. The van der Waals surface area contributed by atoms with E-state index in [0.29, 0.717) is 25.8 Å². The molecule has 0 aromatic rings. The van der Waals surface area contributed by atoms with Gasteiger partial charge in [-0.1, -0.05) is 0 Å². The van der Waals surface area contributed by atoms with Crippen molar-refractivity contribution in [2.75, 3.05) is 13.2 Å². The van der Waals surface area contributed by atoms with Gasteiger partial charge >= 0.3 is 17.9 Å². The van der Waals surface area contributed by atoms with Gasteiger partial charge in [-0.05, 0) is 19.3 Å². The van der Waals surface area contributed by atoms with E-state index in [9.17, 15) is 19.2 Å². The van der Waals surface area contributed by atoms with Crippen molar-refractivity contribution in [3.63, 3.8) is 0 Å². The predicted molar refractivity (Wildman–Crippen MR) is 80.3 cm³/mol. The third-order valence-corrected chi connectivity index (χ3v) is 2.79. The predicted octanol–water partition coefficient (Wildman–Crippen LogP) is 0.719. The zero-order chi connectivity index (χ0) is 17.8. The molecule has 0 heterocycles. The molecule has 0 saturated heterocycles. The van der Waals surface area contributed by atoms with Crippen molar-refractivity contribution in [2.24, 2.45) is 0 Å². The number of unbranched alkanes of at least 4 members (excludes halogenated alkanes) is 1. The Kier molecular flexibility index (Phi) is 10.4. The van der Waals surface area contributed by atoms with E-state index >= 15 is 0 Å². The van der Waals surface area contributed by atoms with Gasteiger partial charge in [-0.3, -0.25) is 19.2 Å². The van der Waals surface area contributed by atoms with Crippen LogP contribution in [0.25, 0.3) is 0 Å². The second-order valence-corrected chi connectivity index (χ2v) is 5.08. The summed E-state index contributed by atoms with van der Waals surface area (Å²) in [5.74, 6) is -1.71. The Morgan fingerprint density at radius 3 is 1.87 bits per heavy atom. The number of hydrogen-bond donors (Lipinski definition) is 1. The van der Waals surface area contributed by atoms with Gasteiger partial charge in [0.25, 0.3) is 0 Å². The third-order valence-electron chi connectivity index (χ3n) is 2.79. The maximum absolute atomic E-state index is 11.2. The van der Waals surface area contributed by atoms with Gasteiger partial charge in [-0.15, -0.1) is 0 Å². The van der Waals surface area contributed by atoms with E-state index in [1.165, 1.54) is 27.7 Å². The molecule has 8 nitrogen and oxygen atoms in total. The molecular formula is C15H25NO7. The van der Waals surface area contributed by atoms with E-state index in [4.69, 9.17) is 14.2 Å². The average molecular weight is 331 g/mol. The SMILES string of the molecule is CC(=O)NCCCC[C@H](OC(C)=O)C(COC(C)=O)OC(C)=O. The second kappa shape index (κ2) is 11.4. The number of rotatable bonds is 10. The van der Waals surface area contributed by atoms with Gasteiger partial charge in [-0.25, -0.2) is 0 Å². The molecule has 0 aliphatic heterocycles. The molecule has 0 saturated carbocycles. The molecule has 0 fully saturated rings. The molecule has 8 heteroatoms. The van der Waals surface area contributed by atoms with Crippen molar-refractivity contribution in [1.82, 2.24) is 5.32 Å². The zero-order valence-corrected chi connectivity index (χ0v) is 14.0. The van der Waals surface area contributed by atoms with Gasteiger partial charge in [0.1, 0.15) is 12.7 Å². The van der Waals surface area contributed by atoms with Crippen LogP contribution >= 0.6 is 0 Å². The summed E-state index contributed by atoms with van der Waals surface area (Å²) in [4.78, 5) is 44.1. The van der Waals surface area contributed by atoms with Gasteiger partial charge < -0.3 is 19.5 Å². The van der Waals surface area contributed by atoms with Crippen LogP contribution in [0.4, 0.5) is 0 Å². The van der Waals surface area contributed by atoms with Crippen LogP contribution in [-0.2, 0) is 33.4 Å². The Morgan fingerprint density at radius 2 is 1.39 bits per heavy atom. The Balaban J connectivity index is 4.62. The van der Waals surface area contributed by atoms with Crippen LogP contribution < -0.4 is 5.32 Å². The first-order valence-corrected chi connectivity index (χ1v) is 7.44. The minimum absolute atomic E-state index is 0.116. The van der Waals surface area contributed by atoms with Crippen LogP contribution in [0, 0.1) is 0 Å². The Bertz CT molecular complexity index is 422. The Hall–Kier alpha value is -2.12. The van der Waals surface area contributed by atoms with E-state index in [1.54, 1.807) is 0 Å². The summed E-state index contributed by atoms with van der Waals surface area (Å²) in [6, 6.07) is 0. The lowest BCUT2D eigenvalue weighted by Gasteiger charge is -2.26.